The van der Waals surface area contributed by atoms with E-state index in [4.69, 9.17) is 4.74 Å². The van der Waals surface area contributed by atoms with Crippen LogP contribution in [-0.2, 0) is 11.2 Å². The van der Waals surface area contributed by atoms with Crippen molar-refractivity contribution in [1.82, 2.24) is 0 Å². The van der Waals surface area contributed by atoms with Crippen LogP contribution in [0.1, 0.15) is 37.3 Å². The number of carbonyl (C=O) groups is 1. The summed E-state index contributed by atoms with van der Waals surface area (Å²) in [4.78, 5) is 10.4. The van der Waals surface area contributed by atoms with Crippen LogP contribution in [0, 0.1) is 0 Å². The third-order valence-corrected chi connectivity index (χ3v) is 2.64. The van der Waals surface area contributed by atoms with Crippen LogP contribution in [0.15, 0.2) is 12.1 Å². The zero-order valence-corrected chi connectivity index (χ0v) is 9.99. The topological polar surface area (TPSA) is 46.5 Å². The van der Waals surface area contributed by atoms with E-state index in [-0.39, 0.29) is 5.75 Å². The molecule has 1 aromatic carbocycles. The minimum absolute atomic E-state index is 0.163. The molecule has 1 rings (SSSR count). The minimum Gasteiger partial charge on any atom is -0.504 e. The Bertz CT molecular complexity index is 370. The summed E-state index contributed by atoms with van der Waals surface area (Å²) >= 11 is 0. The molecular formula is C13H18O3. The molecule has 16 heavy (non-hydrogen) atoms. The smallest absolute Gasteiger partial charge is 0.161 e. The van der Waals surface area contributed by atoms with E-state index in [9.17, 15) is 9.90 Å². The summed E-state index contributed by atoms with van der Waals surface area (Å²) in [6.07, 6.45) is 1.84. The lowest BCUT2D eigenvalue weighted by atomic mass is 9.93. The van der Waals surface area contributed by atoms with Crippen molar-refractivity contribution in [3.05, 3.63) is 23.3 Å². The van der Waals surface area contributed by atoms with Crippen molar-refractivity contribution in [3.63, 3.8) is 0 Å². The number of phenols is 1. The van der Waals surface area contributed by atoms with E-state index >= 15 is 0 Å². The Hall–Kier alpha value is -1.51. The van der Waals surface area contributed by atoms with E-state index < -0.39 is 0 Å². The molecule has 0 amide bonds. The van der Waals surface area contributed by atoms with Gasteiger partial charge in [0.05, 0.1) is 7.11 Å². The van der Waals surface area contributed by atoms with Gasteiger partial charge in [-0.15, -0.1) is 0 Å². The van der Waals surface area contributed by atoms with Crippen LogP contribution in [0.3, 0.4) is 0 Å². The molecule has 0 radical (unpaired) electrons. The second-order valence-corrected chi connectivity index (χ2v) is 4.04. The van der Waals surface area contributed by atoms with E-state index in [0.29, 0.717) is 24.5 Å². The van der Waals surface area contributed by atoms with Gasteiger partial charge < -0.3 is 14.6 Å². The Morgan fingerprint density at radius 3 is 2.62 bits per heavy atom. The summed E-state index contributed by atoms with van der Waals surface area (Å²) < 4.78 is 5.06. The number of hydrogen-bond donors (Lipinski definition) is 1. The van der Waals surface area contributed by atoms with Gasteiger partial charge in [0.15, 0.2) is 11.5 Å². The highest BCUT2D eigenvalue weighted by atomic mass is 16.5. The van der Waals surface area contributed by atoms with Gasteiger partial charge in [-0.05, 0) is 24.0 Å². The van der Waals surface area contributed by atoms with Gasteiger partial charge in [-0.3, -0.25) is 0 Å². The molecule has 0 saturated carbocycles. The first-order valence-electron chi connectivity index (χ1n) is 5.44. The van der Waals surface area contributed by atoms with Crippen LogP contribution >= 0.6 is 0 Å². The fourth-order valence-corrected chi connectivity index (χ4v) is 1.80. The first-order valence-corrected chi connectivity index (χ1v) is 5.44. The Balaban J connectivity index is 3.19. The summed E-state index contributed by atoms with van der Waals surface area (Å²) in [6, 6.07) is 3.71. The van der Waals surface area contributed by atoms with Crippen LogP contribution in [-0.4, -0.2) is 18.5 Å². The second kappa shape index (κ2) is 5.54. The Morgan fingerprint density at radius 2 is 2.12 bits per heavy atom. The molecule has 88 valence electrons. The van der Waals surface area contributed by atoms with Crippen LogP contribution in [0.2, 0.25) is 0 Å². The first kappa shape index (κ1) is 12.6. The normalized spacial score (nSPS) is 10.5. The van der Waals surface area contributed by atoms with Gasteiger partial charge in [-0.2, -0.15) is 0 Å². The molecule has 3 heteroatoms. The van der Waals surface area contributed by atoms with Gasteiger partial charge in [0.2, 0.25) is 0 Å². The average Bonchev–Trinajstić information content (AvgIpc) is 2.26. The largest absolute Gasteiger partial charge is 0.504 e. The average molecular weight is 222 g/mol. The summed E-state index contributed by atoms with van der Waals surface area (Å²) in [6.45, 7) is 4.12. The van der Waals surface area contributed by atoms with Crippen LogP contribution in [0.5, 0.6) is 11.5 Å². The Labute approximate surface area is 96.1 Å². The van der Waals surface area contributed by atoms with E-state index in [1.807, 2.05) is 6.07 Å². The highest BCUT2D eigenvalue weighted by Crippen LogP contribution is 2.35. The van der Waals surface area contributed by atoms with Crippen molar-refractivity contribution in [2.24, 2.45) is 0 Å². The minimum atomic E-state index is 0.163. The van der Waals surface area contributed by atoms with E-state index in [0.717, 1.165) is 17.4 Å². The van der Waals surface area contributed by atoms with Gasteiger partial charge >= 0.3 is 0 Å². The fourth-order valence-electron chi connectivity index (χ4n) is 1.80. The lowest BCUT2D eigenvalue weighted by Crippen LogP contribution is -1.99. The third-order valence-electron chi connectivity index (χ3n) is 2.64. The lowest BCUT2D eigenvalue weighted by Gasteiger charge is -2.15. The maximum absolute atomic E-state index is 10.4. The molecule has 0 spiro atoms. The SMILES string of the molecule is COc1ccc(C(C)C)c(CCC=O)c1O. The summed E-state index contributed by atoms with van der Waals surface area (Å²) in [5.41, 5.74) is 1.89. The highest BCUT2D eigenvalue weighted by Gasteiger charge is 2.14. The van der Waals surface area contributed by atoms with Crippen molar-refractivity contribution in [1.29, 1.82) is 0 Å². The third kappa shape index (κ3) is 2.54. The van der Waals surface area contributed by atoms with Gasteiger partial charge in [0, 0.05) is 12.0 Å². The Kier molecular flexibility index (Phi) is 4.35. The molecule has 0 unspecified atom stereocenters. The highest BCUT2D eigenvalue weighted by molar-refractivity contribution is 5.55. The zero-order chi connectivity index (χ0) is 12.1. The molecule has 0 atom stereocenters. The van der Waals surface area contributed by atoms with Gasteiger partial charge in [-0.25, -0.2) is 0 Å². The summed E-state index contributed by atoms with van der Waals surface area (Å²) in [5.74, 6) is 0.944. The molecule has 0 bridgehead atoms. The van der Waals surface area contributed by atoms with Crippen LogP contribution < -0.4 is 4.74 Å². The molecule has 0 aliphatic rings. The molecule has 0 aromatic heterocycles. The van der Waals surface area contributed by atoms with Crippen molar-refractivity contribution < 1.29 is 14.6 Å². The maximum Gasteiger partial charge on any atom is 0.161 e. The van der Waals surface area contributed by atoms with Gasteiger partial charge in [0.25, 0.3) is 0 Å². The molecule has 0 heterocycles. The van der Waals surface area contributed by atoms with E-state index in [1.165, 1.54) is 7.11 Å². The molecule has 0 aliphatic carbocycles. The number of benzene rings is 1. The number of phenolic OH excluding ortho intramolecular Hbond substituents is 1. The Morgan fingerprint density at radius 1 is 1.44 bits per heavy atom. The van der Waals surface area contributed by atoms with Crippen LogP contribution in [0.25, 0.3) is 0 Å². The molecule has 1 N–H and O–H groups in total. The number of aldehydes is 1. The van der Waals surface area contributed by atoms with Gasteiger partial charge in [0.1, 0.15) is 6.29 Å². The van der Waals surface area contributed by atoms with Crippen molar-refractivity contribution >= 4 is 6.29 Å². The maximum atomic E-state index is 10.4. The number of hydrogen-bond acceptors (Lipinski definition) is 3. The van der Waals surface area contributed by atoms with E-state index in [1.54, 1.807) is 6.07 Å². The van der Waals surface area contributed by atoms with Crippen molar-refractivity contribution in [3.8, 4) is 11.5 Å². The molecule has 1 aromatic rings. The monoisotopic (exact) mass is 222 g/mol. The molecule has 0 fully saturated rings. The zero-order valence-electron chi connectivity index (χ0n) is 9.99. The van der Waals surface area contributed by atoms with E-state index in [2.05, 4.69) is 13.8 Å². The predicted octanol–water partition coefficient (Wildman–Crippen LogP) is 2.66. The number of aromatic hydroxyl groups is 1. The molecule has 0 aliphatic heterocycles. The lowest BCUT2D eigenvalue weighted by molar-refractivity contribution is -0.107. The van der Waals surface area contributed by atoms with Crippen molar-refractivity contribution in [2.75, 3.05) is 7.11 Å². The van der Waals surface area contributed by atoms with Crippen molar-refractivity contribution in [2.45, 2.75) is 32.6 Å². The fraction of sp³-hybridized carbons (Fsp3) is 0.462. The number of ether oxygens (including phenoxy) is 1. The predicted molar refractivity (Wildman–Crippen MR) is 63.1 cm³/mol. The molecular weight excluding hydrogens is 204 g/mol. The summed E-state index contributed by atoms with van der Waals surface area (Å²) in [5, 5.41) is 10.0. The van der Waals surface area contributed by atoms with Crippen LogP contribution in [0.4, 0.5) is 0 Å². The molecule has 0 saturated heterocycles. The summed E-state index contributed by atoms with van der Waals surface area (Å²) in [7, 11) is 1.52. The quantitative estimate of drug-likeness (QED) is 0.779. The second-order valence-electron chi connectivity index (χ2n) is 4.04. The molecule has 3 nitrogen and oxygen atoms in total. The first-order chi connectivity index (χ1) is 7.61. The standard InChI is InChI=1S/C13H18O3/c1-9(2)10-6-7-12(16-3)13(15)11(10)5-4-8-14/h6-9,15H,4-5H2,1-3H3. The number of rotatable bonds is 5. The number of methoxy groups -OCH3 is 1. The van der Waals surface area contributed by atoms with Gasteiger partial charge in [-0.1, -0.05) is 19.9 Å². The number of carbonyl (C=O) groups excluding carboxylic acids is 1.